The topological polar surface area (TPSA) is 89.4 Å². The number of sulfonamides is 1. The van der Waals surface area contributed by atoms with E-state index in [9.17, 15) is 8.42 Å². The lowest BCUT2D eigenvalue weighted by atomic mass is 10.0. The molecule has 0 unspecified atom stereocenters. The molecule has 1 aliphatic rings. The monoisotopic (exact) mass is 273 g/mol. The summed E-state index contributed by atoms with van der Waals surface area (Å²) in [5, 5.41) is 3.53. The van der Waals surface area contributed by atoms with E-state index in [-0.39, 0.29) is 22.5 Å². The van der Waals surface area contributed by atoms with Crippen LogP contribution in [0.3, 0.4) is 0 Å². The molecule has 0 bridgehead atoms. The Morgan fingerprint density at radius 3 is 2.78 bits per heavy atom. The Balaban J connectivity index is 2.41. The fourth-order valence-corrected chi connectivity index (χ4v) is 4.46. The van der Waals surface area contributed by atoms with Gasteiger partial charge >= 0.3 is 0 Å². The molecule has 0 radical (unpaired) electrons. The van der Waals surface area contributed by atoms with E-state index in [2.05, 4.69) is 5.16 Å². The van der Waals surface area contributed by atoms with Crippen molar-refractivity contribution in [3.05, 3.63) is 5.76 Å². The summed E-state index contributed by atoms with van der Waals surface area (Å²) in [6.07, 6.45) is 3.67. The number of aryl methyl sites for hydroxylation is 1. The van der Waals surface area contributed by atoms with Gasteiger partial charge in [0, 0.05) is 12.6 Å². The van der Waals surface area contributed by atoms with Crippen LogP contribution < -0.4 is 5.73 Å². The molecular weight excluding hydrogens is 254 g/mol. The highest BCUT2D eigenvalue weighted by atomic mass is 32.2. The van der Waals surface area contributed by atoms with Crippen molar-refractivity contribution in [2.75, 3.05) is 12.3 Å². The zero-order chi connectivity index (χ0) is 13.3. The number of nitrogens with two attached hydrogens (primary N) is 1. The number of hydrogen-bond donors (Lipinski definition) is 1. The SMILES string of the molecule is CC[C@@H]1CCCCN1S(=O)(=O)c1c(N)noc1C. The minimum atomic E-state index is -3.59. The van der Waals surface area contributed by atoms with E-state index in [4.69, 9.17) is 10.3 Å². The van der Waals surface area contributed by atoms with Crippen molar-refractivity contribution in [3.8, 4) is 0 Å². The molecular formula is C11H19N3O3S. The summed E-state index contributed by atoms with van der Waals surface area (Å²) in [4.78, 5) is 0.0304. The van der Waals surface area contributed by atoms with Gasteiger partial charge in [0.25, 0.3) is 10.0 Å². The fourth-order valence-electron chi connectivity index (χ4n) is 2.51. The number of rotatable bonds is 3. The molecule has 1 aromatic heterocycles. The van der Waals surface area contributed by atoms with Gasteiger partial charge in [-0.1, -0.05) is 18.5 Å². The molecule has 102 valence electrons. The Morgan fingerprint density at radius 2 is 2.22 bits per heavy atom. The zero-order valence-corrected chi connectivity index (χ0v) is 11.5. The second-order valence-corrected chi connectivity index (χ2v) is 6.45. The molecule has 2 N–H and O–H groups in total. The molecule has 1 atom stereocenters. The molecule has 0 spiro atoms. The molecule has 1 aliphatic heterocycles. The quantitative estimate of drug-likeness (QED) is 0.901. The molecule has 0 aliphatic carbocycles. The van der Waals surface area contributed by atoms with Crippen molar-refractivity contribution < 1.29 is 12.9 Å². The van der Waals surface area contributed by atoms with E-state index in [0.29, 0.717) is 6.54 Å². The summed E-state index contributed by atoms with van der Waals surface area (Å²) in [6.45, 7) is 4.12. The second kappa shape index (κ2) is 4.89. The van der Waals surface area contributed by atoms with Gasteiger partial charge in [0.15, 0.2) is 16.5 Å². The summed E-state index contributed by atoms with van der Waals surface area (Å²) in [5.74, 6) is 0.209. The Bertz CT molecular complexity index is 504. The summed E-state index contributed by atoms with van der Waals surface area (Å²) < 4.78 is 31.6. The molecule has 7 heteroatoms. The third-order valence-electron chi connectivity index (χ3n) is 3.44. The number of hydrogen-bond acceptors (Lipinski definition) is 5. The highest BCUT2D eigenvalue weighted by Gasteiger charge is 2.36. The minimum Gasteiger partial charge on any atom is -0.380 e. The third-order valence-corrected chi connectivity index (χ3v) is 5.56. The maximum Gasteiger partial charge on any atom is 0.250 e. The van der Waals surface area contributed by atoms with E-state index < -0.39 is 10.0 Å². The number of nitrogens with zero attached hydrogens (tertiary/aromatic N) is 2. The first-order valence-electron chi connectivity index (χ1n) is 6.22. The third kappa shape index (κ3) is 2.12. The predicted octanol–water partition coefficient (Wildman–Crippen LogP) is 1.52. The van der Waals surface area contributed by atoms with E-state index in [1.807, 2.05) is 6.92 Å². The molecule has 6 nitrogen and oxygen atoms in total. The molecule has 1 aromatic rings. The van der Waals surface area contributed by atoms with E-state index in [0.717, 1.165) is 25.7 Å². The van der Waals surface area contributed by atoms with Crippen LogP contribution in [0.2, 0.25) is 0 Å². The van der Waals surface area contributed by atoms with Gasteiger partial charge in [0.1, 0.15) is 0 Å². The van der Waals surface area contributed by atoms with Crippen LogP contribution in [0.4, 0.5) is 5.82 Å². The predicted molar refractivity (Wildman–Crippen MR) is 67.5 cm³/mol. The van der Waals surface area contributed by atoms with Crippen molar-refractivity contribution in [2.45, 2.75) is 50.5 Å². The zero-order valence-electron chi connectivity index (χ0n) is 10.7. The van der Waals surface area contributed by atoms with Gasteiger partial charge in [-0.3, -0.25) is 0 Å². The summed E-state index contributed by atoms with van der Waals surface area (Å²) in [7, 11) is -3.59. The maximum atomic E-state index is 12.6. The van der Waals surface area contributed by atoms with Crippen molar-refractivity contribution in [3.63, 3.8) is 0 Å². The van der Waals surface area contributed by atoms with Crippen molar-refractivity contribution in [1.82, 2.24) is 9.46 Å². The van der Waals surface area contributed by atoms with Crippen LogP contribution >= 0.6 is 0 Å². The molecule has 1 fully saturated rings. The molecule has 0 amide bonds. The van der Waals surface area contributed by atoms with Gasteiger partial charge in [-0.25, -0.2) is 8.42 Å². The van der Waals surface area contributed by atoms with Gasteiger partial charge in [-0.05, 0) is 26.2 Å². The van der Waals surface area contributed by atoms with Gasteiger partial charge in [0.2, 0.25) is 0 Å². The molecule has 2 rings (SSSR count). The first kappa shape index (κ1) is 13.4. The number of aromatic nitrogens is 1. The lowest BCUT2D eigenvalue weighted by molar-refractivity contribution is 0.246. The molecule has 1 saturated heterocycles. The summed E-state index contributed by atoms with van der Waals surface area (Å²) in [6, 6.07) is 0.0532. The Hall–Kier alpha value is -1.08. The van der Waals surface area contributed by atoms with Crippen LogP contribution in [-0.2, 0) is 10.0 Å². The molecule has 18 heavy (non-hydrogen) atoms. The summed E-state index contributed by atoms with van der Waals surface area (Å²) in [5.41, 5.74) is 5.61. The number of anilines is 1. The highest BCUT2D eigenvalue weighted by Crippen LogP contribution is 2.31. The maximum absolute atomic E-state index is 12.6. The Morgan fingerprint density at radius 1 is 1.50 bits per heavy atom. The fraction of sp³-hybridized carbons (Fsp3) is 0.727. The Labute approximate surface area is 107 Å². The molecule has 0 saturated carbocycles. The van der Waals surface area contributed by atoms with Gasteiger partial charge in [-0.2, -0.15) is 4.31 Å². The standard InChI is InChI=1S/C11H19N3O3S/c1-3-9-6-4-5-7-14(9)18(15,16)10-8(2)17-13-11(10)12/h9H,3-7H2,1-2H3,(H2,12,13)/t9-/m1/s1. The van der Waals surface area contributed by atoms with Gasteiger partial charge in [0.05, 0.1) is 0 Å². The highest BCUT2D eigenvalue weighted by molar-refractivity contribution is 7.89. The normalized spacial score (nSPS) is 22.2. The first-order chi connectivity index (χ1) is 8.48. The molecule has 0 aromatic carbocycles. The first-order valence-corrected chi connectivity index (χ1v) is 7.66. The minimum absolute atomic E-state index is 0.0304. The molecule has 2 heterocycles. The van der Waals surface area contributed by atoms with Crippen LogP contribution in [0.15, 0.2) is 9.42 Å². The number of piperidine rings is 1. The van der Waals surface area contributed by atoms with Gasteiger partial charge < -0.3 is 10.3 Å². The average molecular weight is 273 g/mol. The van der Waals surface area contributed by atoms with Gasteiger partial charge in [-0.15, -0.1) is 0 Å². The average Bonchev–Trinajstić information content (AvgIpc) is 2.69. The largest absolute Gasteiger partial charge is 0.380 e. The lowest BCUT2D eigenvalue weighted by Gasteiger charge is -2.33. The van der Waals surface area contributed by atoms with Crippen LogP contribution in [0.25, 0.3) is 0 Å². The van der Waals surface area contributed by atoms with Crippen LogP contribution in [0, 0.1) is 6.92 Å². The Kier molecular flexibility index (Phi) is 3.63. The van der Waals surface area contributed by atoms with Crippen molar-refractivity contribution in [1.29, 1.82) is 0 Å². The van der Waals surface area contributed by atoms with Crippen molar-refractivity contribution >= 4 is 15.8 Å². The second-order valence-electron chi connectivity index (χ2n) is 4.63. The number of nitrogen functional groups attached to an aromatic ring is 1. The van der Waals surface area contributed by atoms with E-state index in [1.54, 1.807) is 11.2 Å². The van der Waals surface area contributed by atoms with E-state index >= 15 is 0 Å². The smallest absolute Gasteiger partial charge is 0.250 e. The van der Waals surface area contributed by atoms with Crippen LogP contribution in [0.5, 0.6) is 0 Å². The van der Waals surface area contributed by atoms with Crippen LogP contribution in [0.1, 0.15) is 38.4 Å². The van der Waals surface area contributed by atoms with E-state index in [1.165, 1.54) is 0 Å². The lowest BCUT2D eigenvalue weighted by Crippen LogP contribution is -2.43. The van der Waals surface area contributed by atoms with Crippen LogP contribution in [-0.4, -0.2) is 30.5 Å². The van der Waals surface area contributed by atoms with Crippen molar-refractivity contribution in [2.24, 2.45) is 0 Å². The summed E-state index contributed by atoms with van der Waals surface area (Å²) >= 11 is 0.